The minimum atomic E-state index is -0.396. The molecule has 1 heterocycles. The van der Waals surface area contributed by atoms with Crippen LogP contribution in [0.5, 0.6) is 5.75 Å². The first-order valence-electron chi connectivity index (χ1n) is 8.66. The molecule has 2 amide bonds. The predicted octanol–water partition coefficient (Wildman–Crippen LogP) is 2.39. The lowest BCUT2D eigenvalue weighted by Crippen LogP contribution is -2.38. The van der Waals surface area contributed by atoms with Gasteiger partial charge in [-0.1, -0.05) is 0 Å². The number of anilines is 1. The Bertz CT molecular complexity index is 823. The molecule has 2 aromatic rings. The monoisotopic (exact) mass is 372 g/mol. The summed E-state index contributed by atoms with van der Waals surface area (Å²) < 4.78 is 23.6. The standard InChI is InChI=1S/C20H21FN2O4/c1-26-9-8-22-19(24)15-10-14-11-17(6-7-18(14)27-12-15)23-20(25)13-2-4-16(21)5-3-13/h2-7,11,15H,8-10,12H2,1H3,(H,22,24)(H,23,25)/t15-/m1/s1. The third-order valence-electron chi connectivity index (χ3n) is 4.31. The lowest BCUT2D eigenvalue weighted by atomic mass is 9.95. The molecule has 27 heavy (non-hydrogen) atoms. The van der Waals surface area contributed by atoms with E-state index in [1.54, 1.807) is 25.3 Å². The Morgan fingerprint density at radius 3 is 2.74 bits per heavy atom. The minimum absolute atomic E-state index is 0.0848. The van der Waals surface area contributed by atoms with Gasteiger partial charge < -0.3 is 20.1 Å². The van der Waals surface area contributed by atoms with E-state index in [1.807, 2.05) is 0 Å². The highest BCUT2D eigenvalue weighted by Crippen LogP contribution is 2.30. The summed E-state index contributed by atoms with van der Waals surface area (Å²) >= 11 is 0. The molecule has 6 nitrogen and oxygen atoms in total. The van der Waals surface area contributed by atoms with E-state index in [9.17, 15) is 14.0 Å². The molecule has 0 saturated heterocycles. The first kappa shape index (κ1) is 18.8. The highest BCUT2D eigenvalue weighted by molar-refractivity contribution is 6.04. The summed E-state index contributed by atoms with van der Waals surface area (Å²) in [5.41, 5.74) is 1.80. The molecule has 0 fully saturated rings. The Labute approximate surface area is 156 Å². The molecule has 0 saturated carbocycles. The zero-order chi connectivity index (χ0) is 19.2. The number of halogens is 1. The molecule has 0 bridgehead atoms. The molecule has 0 spiro atoms. The summed E-state index contributed by atoms with van der Waals surface area (Å²) in [5, 5.41) is 5.59. The van der Waals surface area contributed by atoms with Crippen LogP contribution in [-0.4, -0.2) is 38.7 Å². The maximum Gasteiger partial charge on any atom is 0.255 e. The topological polar surface area (TPSA) is 76.7 Å². The van der Waals surface area contributed by atoms with Crippen LogP contribution < -0.4 is 15.4 Å². The third-order valence-corrected chi connectivity index (χ3v) is 4.31. The van der Waals surface area contributed by atoms with E-state index in [1.165, 1.54) is 24.3 Å². The maximum atomic E-state index is 13.0. The first-order chi connectivity index (χ1) is 13.1. The summed E-state index contributed by atoms with van der Waals surface area (Å²) in [6.45, 7) is 1.22. The lowest BCUT2D eigenvalue weighted by molar-refractivity contribution is -0.126. The average molecular weight is 372 g/mol. The van der Waals surface area contributed by atoms with Crippen molar-refractivity contribution in [2.45, 2.75) is 6.42 Å². The van der Waals surface area contributed by atoms with E-state index in [0.29, 0.717) is 43.2 Å². The van der Waals surface area contributed by atoms with E-state index in [4.69, 9.17) is 9.47 Å². The zero-order valence-corrected chi connectivity index (χ0v) is 15.0. The quantitative estimate of drug-likeness (QED) is 0.764. The molecule has 1 aliphatic rings. The van der Waals surface area contributed by atoms with Crippen LogP contribution in [0.1, 0.15) is 15.9 Å². The minimum Gasteiger partial charge on any atom is -0.492 e. The Balaban J connectivity index is 1.65. The largest absolute Gasteiger partial charge is 0.492 e. The van der Waals surface area contributed by atoms with Gasteiger partial charge in [-0.25, -0.2) is 4.39 Å². The number of methoxy groups -OCH3 is 1. The van der Waals surface area contributed by atoms with Gasteiger partial charge in [-0.05, 0) is 54.4 Å². The van der Waals surface area contributed by atoms with Crippen LogP contribution in [-0.2, 0) is 16.0 Å². The number of rotatable bonds is 6. The number of carbonyl (C=O) groups is 2. The summed E-state index contributed by atoms with van der Waals surface area (Å²) in [7, 11) is 1.58. The molecule has 2 aromatic carbocycles. The Kier molecular flexibility index (Phi) is 6.03. The van der Waals surface area contributed by atoms with Crippen LogP contribution in [0.25, 0.3) is 0 Å². The average Bonchev–Trinajstić information content (AvgIpc) is 2.68. The van der Waals surface area contributed by atoms with Gasteiger partial charge in [-0.15, -0.1) is 0 Å². The van der Waals surface area contributed by atoms with Crippen LogP contribution in [0.4, 0.5) is 10.1 Å². The summed E-state index contributed by atoms with van der Waals surface area (Å²) in [6, 6.07) is 10.6. The summed E-state index contributed by atoms with van der Waals surface area (Å²) in [5.74, 6) is -0.403. The van der Waals surface area contributed by atoms with Gasteiger partial charge >= 0.3 is 0 Å². The summed E-state index contributed by atoms with van der Waals surface area (Å²) in [4.78, 5) is 24.5. The molecule has 1 aliphatic heterocycles. The molecule has 0 unspecified atom stereocenters. The van der Waals surface area contributed by atoms with Gasteiger partial charge in [0.1, 0.15) is 18.2 Å². The van der Waals surface area contributed by atoms with E-state index in [0.717, 1.165) is 5.56 Å². The fourth-order valence-corrected chi connectivity index (χ4v) is 2.87. The van der Waals surface area contributed by atoms with Gasteiger partial charge in [0.15, 0.2) is 0 Å². The third kappa shape index (κ3) is 4.83. The van der Waals surface area contributed by atoms with Gasteiger partial charge in [0.2, 0.25) is 5.91 Å². The molecule has 0 radical (unpaired) electrons. The molecular formula is C20H21FN2O4. The smallest absolute Gasteiger partial charge is 0.255 e. The van der Waals surface area contributed by atoms with E-state index in [-0.39, 0.29) is 17.7 Å². The first-order valence-corrected chi connectivity index (χ1v) is 8.66. The van der Waals surface area contributed by atoms with Crippen molar-refractivity contribution >= 4 is 17.5 Å². The van der Waals surface area contributed by atoms with Crippen molar-refractivity contribution in [1.29, 1.82) is 0 Å². The fourth-order valence-electron chi connectivity index (χ4n) is 2.87. The predicted molar refractivity (Wildman–Crippen MR) is 98.4 cm³/mol. The van der Waals surface area contributed by atoms with Crippen LogP contribution in [0, 0.1) is 11.7 Å². The van der Waals surface area contributed by atoms with Crippen LogP contribution >= 0.6 is 0 Å². The number of benzene rings is 2. The van der Waals surface area contributed by atoms with Crippen molar-refractivity contribution in [1.82, 2.24) is 5.32 Å². The fraction of sp³-hybridized carbons (Fsp3) is 0.300. The summed E-state index contributed by atoms with van der Waals surface area (Å²) in [6.07, 6.45) is 0.522. The Morgan fingerprint density at radius 1 is 1.22 bits per heavy atom. The number of amides is 2. The van der Waals surface area contributed by atoms with Crippen molar-refractivity contribution in [3.05, 3.63) is 59.4 Å². The number of fused-ring (bicyclic) bond motifs is 1. The number of carbonyl (C=O) groups excluding carboxylic acids is 2. The molecular weight excluding hydrogens is 351 g/mol. The molecule has 0 aliphatic carbocycles. The van der Waals surface area contributed by atoms with Crippen LogP contribution in [0.15, 0.2) is 42.5 Å². The highest BCUT2D eigenvalue weighted by atomic mass is 19.1. The second-order valence-corrected chi connectivity index (χ2v) is 6.28. The van der Waals surface area contributed by atoms with E-state index in [2.05, 4.69) is 10.6 Å². The SMILES string of the molecule is COCCNC(=O)[C@H]1COc2ccc(NC(=O)c3ccc(F)cc3)cc2C1. The highest BCUT2D eigenvalue weighted by Gasteiger charge is 2.26. The van der Waals surface area contributed by atoms with Gasteiger partial charge in [0, 0.05) is 24.9 Å². The number of ether oxygens (including phenoxy) is 2. The van der Waals surface area contributed by atoms with Crippen LogP contribution in [0.3, 0.4) is 0 Å². The van der Waals surface area contributed by atoms with Gasteiger partial charge in [-0.3, -0.25) is 9.59 Å². The zero-order valence-electron chi connectivity index (χ0n) is 15.0. The van der Waals surface area contributed by atoms with E-state index < -0.39 is 5.82 Å². The van der Waals surface area contributed by atoms with Crippen molar-refractivity contribution in [2.24, 2.45) is 5.92 Å². The Morgan fingerprint density at radius 2 is 2.00 bits per heavy atom. The second-order valence-electron chi connectivity index (χ2n) is 6.28. The van der Waals surface area contributed by atoms with Crippen LogP contribution in [0.2, 0.25) is 0 Å². The molecule has 3 rings (SSSR count). The van der Waals surface area contributed by atoms with Crippen molar-refractivity contribution in [2.75, 3.05) is 32.2 Å². The van der Waals surface area contributed by atoms with Gasteiger partial charge in [0.25, 0.3) is 5.91 Å². The molecule has 142 valence electrons. The number of nitrogens with one attached hydrogen (secondary N) is 2. The lowest BCUT2D eigenvalue weighted by Gasteiger charge is -2.25. The number of hydrogen-bond acceptors (Lipinski definition) is 4. The van der Waals surface area contributed by atoms with Gasteiger partial charge in [-0.2, -0.15) is 0 Å². The van der Waals surface area contributed by atoms with Crippen molar-refractivity contribution in [3.8, 4) is 5.75 Å². The molecule has 1 atom stereocenters. The number of hydrogen-bond donors (Lipinski definition) is 2. The Hall–Kier alpha value is -2.93. The van der Waals surface area contributed by atoms with Crippen molar-refractivity contribution < 1.29 is 23.5 Å². The second kappa shape index (κ2) is 8.64. The molecule has 2 N–H and O–H groups in total. The maximum absolute atomic E-state index is 13.0. The normalized spacial score (nSPS) is 15.4. The molecule has 7 heteroatoms. The van der Waals surface area contributed by atoms with E-state index >= 15 is 0 Å². The molecule has 0 aromatic heterocycles. The van der Waals surface area contributed by atoms with Crippen molar-refractivity contribution in [3.63, 3.8) is 0 Å². The van der Waals surface area contributed by atoms with Gasteiger partial charge in [0.05, 0.1) is 12.5 Å².